The van der Waals surface area contributed by atoms with Crippen LogP contribution in [0.1, 0.15) is 6.92 Å². The number of alkyl carbamates (subject to hydrolysis) is 1. The summed E-state index contributed by atoms with van der Waals surface area (Å²) in [5.74, 6) is -0.408. The van der Waals surface area contributed by atoms with Gasteiger partial charge in [0, 0.05) is 36.1 Å². The average molecular weight is 631 g/mol. The van der Waals surface area contributed by atoms with Crippen molar-refractivity contribution in [3.63, 3.8) is 0 Å². The number of carbonyl (C=O) groups is 1. The molecular formula is C15H19ClNO7SU-. The van der Waals surface area contributed by atoms with Gasteiger partial charge >= 0.3 is 6.09 Å². The Morgan fingerprint density at radius 3 is 2.58 bits per heavy atom. The molecule has 4 atom stereocenters. The van der Waals surface area contributed by atoms with E-state index in [1.54, 1.807) is 0 Å². The number of halogens is 1. The molecule has 0 radical (unpaired) electrons. The molecule has 0 aliphatic carbocycles. The number of aliphatic hydroxyl groups excluding tert-OH is 2. The topological polar surface area (TPSA) is 122 Å². The number of hydrogen-bond donors (Lipinski definition) is 3. The molecule has 3 unspecified atom stereocenters. The minimum Gasteiger partial charge on any atom is -0.544 e. The Hall–Kier alpha value is -0.338. The summed E-state index contributed by atoms with van der Waals surface area (Å²) in [6.45, 7) is 2.22. The molecule has 1 aromatic carbocycles. The number of aliphatic hydroxyl groups is 2. The van der Waals surface area contributed by atoms with E-state index in [-0.39, 0.29) is 36.0 Å². The van der Waals surface area contributed by atoms with Crippen LogP contribution in [0.15, 0.2) is 29.2 Å². The second-order valence-electron chi connectivity index (χ2n) is 5.61. The van der Waals surface area contributed by atoms with Gasteiger partial charge in [0.2, 0.25) is 0 Å². The fourth-order valence-corrected chi connectivity index (χ4v) is 3.84. The van der Waals surface area contributed by atoms with Crippen molar-refractivity contribution in [1.29, 1.82) is 0 Å². The van der Waals surface area contributed by atoms with Crippen LogP contribution in [0, 0.1) is 37.7 Å². The van der Waals surface area contributed by atoms with E-state index < -0.39 is 52.6 Å². The van der Waals surface area contributed by atoms with Crippen molar-refractivity contribution in [3.8, 4) is 0 Å². The number of sulfone groups is 1. The number of amides is 1. The summed E-state index contributed by atoms with van der Waals surface area (Å²) in [5.41, 5.74) is 0. The Kier molecular flexibility index (Phi) is 9.36. The minimum absolute atomic E-state index is 0. The van der Waals surface area contributed by atoms with Crippen LogP contribution in [0.4, 0.5) is 4.79 Å². The Balaban J connectivity index is 0.00000338. The van der Waals surface area contributed by atoms with Crippen LogP contribution in [0.2, 0.25) is 5.02 Å². The monoisotopic (exact) mass is 630 g/mol. The molecule has 26 heavy (non-hydrogen) atoms. The zero-order chi connectivity index (χ0) is 18.6. The summed E-state index contributed by atoms with van der Waals surface area (Å²) in [7, 11) is -3.65. The van der Waals surface area contributed by atoms with E-state index in [1.807, 2.05) is 0 Å². The van der Waals surface area contributed by atoms with E-state index in [1.165, 1.54) is 37.8 Å². The third kappa shape index (κ3) is 6.37. The van der Waals surface area contributed by atoms with E-state index >= 15 is 0 Å². The van der Waals surface area contributed by atoms with Crippen LogP contribution in [0.3, 0.4) is 0 Å². The molecule has 1 aliphatic heterocycles. The van der Waals surface area contributed by atoms with Gasteiger partial charge in [0.05, 0.1) is 29.5 Å². The van der Waals surface area contributed by atoms with Crippen LogP contribution in [0.25, 0.3) is 0 Å². The first-order valence-corrected chi connectivity index (χ1v) is 9.49. The molecule has 0 aromatic heterocycles. The fraction of sp³-hybridized carbons (Fsp3) is 0.467. The third-order valence-electron chi connectivity index (χ3n) is 3.55. The zero-order valence-corrected chi connectivity index (χ0v) is 19.6. The fourth-order valence-electron chi connectivity index (χ4n) is 2.28. The predicted octanol–water partition coefficient (Wildman–Crippen LogP) is 0.511. The Morgan fingerprint density at radius 1 is 1.42 bits per heavy atom. The summed E-state index contributed by atoms with van der Waals surface area (Å²) < 4.78 is 34.5. The molecule has 2 rings (SSSR count). The largest absolute Gasteiger partial charge is 0.544 e. The summed E-state index contributed by atoms with van der Waals surface area (Å²) >= 11 is 5.73. The summed E-state index contributed by atoms with van der Waals surface area (Å²) in [6.07, 6.45) is -3.77. The van der Waals surface area contributed by atoms with Crippen molar-refractivity contribution >= 4 is 27.5 Å². The molecule has 11 heteroatoms. The number of rotatable bonds is 6. The standard InChI is InChI=1S/C15H19ClNO7S.U/c1-9(8-25(21,22)11-4-2-10(16)3-5-11)24-15(20)17-12-7-23-13(6-18)14(12)19;/h2-5,7,9,12-14,18-19H,6,8H2,1H3,(H,17,20);/q-1;/t9?,12?,13-,14?;/m1./s1. The van der Waals surface area contributed by atoms with Crippen molar-refractivity contribution in [2.24, 2.45) is 0 Å². The van der Waals surface area contributed by atoms with E-state index in [2.05, 4.69) is 5.32 Å². The van der Waals surface area contributed by atoms with Gasteiger partial charge in [-0.1, -0.05) is 11.6 Å². The second kappa shape index (κ2) is 10.3. The maximum absolute atomic E-state index is 12.3. The average Bonchev–Trinajstić information content (AvgIpc) is 2.87. The zero-order valence-electron chi connectivity index (χ0n) is 13.8. The van der Waals surface area contributed by atoms with E-state index in [9.17, 15) is 18.3 Å². The molecule has 1 saturated heterocycles. The van der Waals surface area contributed by atoms with Crippen LogP contribution in [-0.4, -0.2) is 61.4 Å². The molecule has 1 amide bonds. The van der Waals surface area contributed by atoms with Gasteiger partial charge in [-0.15, -0.1) is 0 Å². The van der Waals surface area contributed by atoms with Gasteiger partial charge < -0.3 is 25.0 Å². The van der Waals surface area contributed by atoms with Crippen LogP contribution in [-0.2, 0) is 19.3 Å². The maximum Gasteiger partial charge on any atom is 0.405 e. The predicted molar refractivity (Wildman–Crippen MR) is 88.6 cm³/mol. The summed E-state index contributed by atoms with van der Waals surface area (Å²) in [6, 6.07) is 4.81. The molecule has 0 saturated carbocycles. The van der Waals surface area contributed by atoms with Crippen LogP contribution in [0.5, 0.6) is 0 Å². The summed E-state index contributed by atoms with van der Waals surface area (Å²) in [5, 5.41) is 21.5. The van der Waals surface area contributed by atoms with Crippen molar-refractivity contribution in [1.82, 2.24) is 5.32 Å². The molecule has 1 fully saturated rings. The first-order valence-electron chi connectivity index (χ1n) is 7.46. The van der Waals surface area contributed by atoms with Crippen LogP contribution < -0.4 is 5.32 Å². The molecule has 0 bridgehead atoms. The molecule has 1 aromatic rings. The number of benzene rings is 1. The van der Waals surface area contributed by atoms with E-state index in [0.29, 0.717) is 5.02 Å². The quantitative estimate of drug-likeness (QED) is 0.392. The van der Waals surface area contributed by atoms with Crippen molar-refractivity contribution in [2.45, 2.75) is 36.2 Å². The first-order chi connectivity index (χ1) is 11.7. The molecule has 8 nitrogen and oxygen atoms in total. The van der Waals surface area contributed by atoms with E-state index in [4.69, 9.17) is 26.2 Å². The first kappa shape index (κ1) is 23.7. The van der Waals surface area contributed by atoms with Gasteiger partial charge in [0.15, 0.2) is 9.84 Å². The van der Waals surface area contributed by atoms with Crippen molar-refractivity contribution in [3.05, 3.63) is 35.9 Å². The molecular weight excluding hydrogens is 612 g/mol. The Morgan fingerprint density at radius 2 is 2.04 bits per heavy atom. The molecule has 1 aliphatic rings. The second-order valence-corrected chi connectivity index (χ2v) is 8.08. The van der Waals surface area contributed by atoms with E-state index in [0.717, 1.165) is 0 Å². The van der Waals surface area contributed by atoms with Gasteiger partial charge in [0.25, 0.3) is 0 Å². The van der Waals surface area contributed by atoms with Gasteiger partial charge in [-0.25, -0.2) is 13.2 Å². The third-order valence-corrected chi connectivity index (χ3v) is 5.70. The van der Waals surface area contributed by atoms with Crippen LogP contribution >= 0.6 is 11.6 Å². The van der Waals surface area contributed by atoms with Crippen molar-refractivity contribution in [2.75, 3.05) is 12.4 Å². The Bertz CT molecular complexity index is 700. The molecule has 144 valence electrons. The summed E-state index contributed by atoms with van der Waals surface area (Å²) in [4.78, 5) is 11.9. The molecule has 3 N–H and O–H groups in total. The smallest absolute Gasteiger partial charge is 0.405 e. The van der Waals surface area contributed by atoms with Crippen molar-refractivity contribution < 1.29 is 64.0 Å². The maximum atomic E-state index is 12.3. The normalized spacial score (nSPS) is 23.8. The number of carbonyl (C=O) groups excluding carboxylic acids is 1. The van der Waals surface area contributed by atoms with Gasteiger partial charge in [0.1, 0.15) is 6.10 Å². The molecule has 1 heterocycles. The Labute approximate surface area is 180 Å². The SMILES string of the molecule is CC(CS(=O)(=O)c1ccc(Cl)cc1)OC(=O)NC1[CH-]O[C@H](CO)C1O.[U]. The number of nitrogens with one attached hydrogen (secondary N) is 1. The number of hydrogen-bond acceptors (Lipinski definition) is 7. The van der Waals surface area contributed by atoms with Gasteiger partial charge in [-0.05, 0) is 37.2 Å². The van der Waals surface area contributed by atoms with Gasteiger partial charge in [-0.3, -0.25) is 0 Å². The minimum atomic E-state index is -3.65. The number of ether oxygens (including phenoxy) is 2. The van der Waals surface area contributed by atoms with Gasteiger partial charge in [-0.2, -0.15) is 6.61 Å². The molecule has 0 spiro atoms.